The Balaban J connectivity index is 1.69. The van der Waals surface area contributed by atoms with Crippen molar-refractivity contribution in [3.8, 4) is 11.1 Å². The highest BCUT2D eigenvalue weighted by Crippen LogP contribution is 2.29. The largest absolute Gasteiger partial charge is 0.385 e. The zero-order valence-electron chi connectivity index (χ0n) is 15.2. The fourth-order valence-electron chi connectivity index (χ4n) is 3.13. The summed E-state index contributed by atoms with van der Waals surface area (Å²) in [6.45, 7) is 3.40. The summed E-state index contributed by atoms with van der Waals surface area (Å²) in [6, 6.07) is 4.16. The second-order valence-corrected chi connectivity index (χ2v) is 7.06. The number of halogens is 1. The van der Waals surface area contributed by atoms with Crippen molar-refractivity contribution in [3.63, 3.8) is 0 Å². The van der Waals surface area contributed by atoms with Crippen LogP contribution in [-0.2, 0) is 15.9 Å². The van der Waals surface area contributed by atoms with Crippen LogP contribution in [-0.4, -0.2) is 43.4 Å². The van der Waals surface area contributed by atoms with Gasteiger partial charge in [-0.2, -0.15) is 0 Å². The molecular formula is C20H26ClN3O2. The molecule has 0 saturated carbocycles. The number of hydrogen-bond donors (Lipinski definition) is 1. The third-order valence-corrected chi connectivity index (χ3v) is 4.98. The van der Waals surface area contributed by atoms with Gasteiger partial charge in [-0.15, -0.1) is 0 Å². The van der Waals surface area contributed by atoms with Gasteiger partial charge in [0.2, 0.25) is 0 Å². The first kappa shape index (κ1) is 19.1. The number of aryl methyl sites for hydroxylation is 1. The lowest BCUT2D eigenvalue weighted by atomic mass is 10.0. The zero-order valence-corrected chi connectivity index (χ0v) is 16.0. The molecule has 1 aliphatic rings. The van der Waals surface area contributed by atoms with Crippen molar-refractivity contribution in [3.05, 3.63) is 41.4 Å². The van der Waals surface area contributed by atoms with E-state index in [0.717, 1.165) is 74.6 Å². The Kier molecular flexibility index (Phi) is 7.23. The van der Waals surface area contributed by atoms with Gasteiger partial charge < -0.3 is 14.8 Å². The van der Waals surface area contributed by atoms with Gasteiger partial charge in [0, 0.05) is 68.9 Å². The Morgan fingerprint density at radius 2 is 2.08 bits per heavy atom. The molecule has 6 heteroatoms. The molecule has 0 amide bonds. The van der Waals surface area contributed by atoms with E-state index in [1.807, 2.05) is 12.4 Å². The normalized spacial score (nSPS) is 15.2. The van der Waals surface area contributed by atoms with Crippen LogP contribution in [0.1, 0.15) is 25.0 Å². The van der Waals surface area contributed by atoms with Crippen LogP contribution in [0.15, 0.2) is 30.7 Å². The third-order valence-electron chi connectivity index (χ3n) is 4.68. The number of anilines is 1. The lowest BCUT2D eigenvalue weighted by Crippen LogP contribution is -2.22. The molecule has 0 atom stereocenters. The molecule has 5 nitrogen and oxygen atoms in total. The molecule has 3 heterocycles. The Morgan fingerprint density at radius 1 is 1.23 bits per heavy atom. The molecule has 1 saturated heterocycles. The number of nitrogens with one attached hydrogen (secondary N) is 1. The van der Waals surface area contributed by atoms with E-state index in [9.17, 15) is 0 Å². The van der Waals surface area contributed by atoms with Crippen LogP contribution >= 0.6 is 11.6 Å². The SMILES string of the molecule is COCCCc1cc(-c2cncc(NCC3CCOCC3)c2)c(Cl)cn1. The van der Waals surface area contributed by atoms with E-state index in [2.05, 4.69) is 27.4 Å². The van der Waals surface area contributed by atoms with E-state index in [0.29, 0.717) is 10.9 Å². The van der Waals surface area contributed by atoms with Gasteiger partial charge in [-0.1, -0.05) is 11.6 Å². The van der Waals surface area contributed by atoms with Gasteiger partial charge >= 0.3 is 0 Å². The summed E-state index contributed by atoms with van der Waals surface area (Å²) < 4.78 is 10.5. The molecule has 3 rings (SSSR count). The molecule has 0 spiro atoms. The number of pyridine rings is 2. The van der Waals surface area contributed by atoms with Crippen LogP contribution in [0.2, 0.25) is 5.02 Å². The first-order valence-corrected chi connectivity index (χ1v) is 9.54. The number of nitrogens with zero attached hydrogens (tertiary/aromatic N) is 2. The maximum Gasteiger partial charge on any atom is 0.0668 e. The van der Waals surface area contributed by atoms with E-state index in [4.69, 9.17) is 21.1 Å². The molecule has 26 heavy (non-hydrogen) atoms. The number of methoxy groups -OCH3 is 1. The fourth-order valence-corrected chi connectivity index (χ4v) is 3.35. The summed E-state index contributed by atoms with van der Waals surface area (Å²) in [5, 5.41) is 4.15. The summed E-state index contributed by atoms with van der Waals surface area (Å²) in [5.74, 6) is 0.657. The van der Waals surface area contributed by atoms with Crippen molar-refractivity contribution in [2.24, 2.45) is 5.92 Å². The Morgan fingerprint density at radius 3 is 2.88 bits per heavy atom. The average Bonchev–Trinajstić information content (AvgIpc) is 2.69. The van der Waals surface area contributed by atoms with E-state index in [-0.39, 0.29) is 0 Å². The second-order valence-electron chi connectivity index (χ2n) is 6.65. The van der Waals surface area contributed by atoms with Crippen LogP contribution in [0.3, 0.4) is 0 Å². The number of aromatic nitrogens is 2. The van der Waals surface area contributed by atoms with Crippen molar-refractivity contribution in [2.75, 3.05) is 38.8 Å². The summed E-state index contributed by atoms with van der Waals surface area (Å²) in [6.07, 6.45) is 9.46. The lowest BCUT2D eigenvalue weighted by molar-refractivity contribution is 0.0699. The second kappa shape index (κ2) is 9.86. The molecule has 0 aromatic carbocycles. The monoisotopic (exact) mass is 375 g/mol. The van der Waals surface area contributed by atoms with E-state index in [1.165, 1.54) is 0 Å². The maximum absolute atomic E-state index is 6.39. The predicted molar refractivity (Wildman–Crippen MR) is 105 cm³/mol. The van der Waals surface area contributed by atoms with Gasteiger partial charge in [0.25, 0.3) is 0 Å². The van der Waals surface area contributed by atoms with Crippen molar-refractivity contribution in [1.82, 2.24) is 9.97 Å². The van der Waals surface area contributed by atoms with Crippen molar-refractivity contribution in [1.29, 1.82) is 0 Å². The van der Waals surface area contributed by atoms with Gasteiger partial charge in [0.15, 0.2) is 0 Å². The number of hydrogen-bond acceptors (Lipinski definition) is 5. The summed E-state index contributed by atoms with van der Waals surface area (Å²) in [5.41, 5.74) is 4.00. The van der Waals surface area contributed by atoms with E-state index >= 15 is 0 Å². The standard InChI is InChI=1S/C20H26ClN3O2/c1-25-6-2-3-17-10-19(20(21)14-24-17)16-9-18(13-22-12-16)23-11-15-4-7-26-8-5-15/h9-10,12-15,23H,2-8,11H2,1H3. The molecule has 1 N–H and O–H groups in total. The smallest absolute Gasteiger partial charge is 0.0668 e. The predicted octanol–water partition coefficient (Wildman–Crippen LogP) is 4.21. The highest BCUT2D eigenvalue weighted by atomic mass is 35.5. The van der Waals surface area contributed by atoms with Crippen molar-refractivity contribution in [2.45, 2.75) is 25.7 Å². The topological polar surface area (TPSA) is 56.3 Å². The van der Waals surface area contributed by atoms with Gasteiger partial charge in [-0.3, -0.25) is 9.97 Å². The quantitative estimate of drug-likeness (QED) is 0.700. The Labute approximate surface area is 160 Å². The van der Waals surface area contributed by atoms with Crippen LogP contribution in [0.5, 0.6) is 0 Å². The fraction of sp³-hybridized carbons (Fsp3) is 0.500. The minimum absolute atomic E-state index is 0.642. The van der Waals surface area contributed by atoms with Gasteiger partial charge in [0.05, 0.1) is 10.7 Å². The first-order chi connectivity index (χ1) is 12.8. The molecule has 1 fully saturated rings. The summed E-state index contributed by atoms with van der Waals surface area (Å²) in [7, 11) is 1.71. The Hall–Kier alpha value is -1.69. The average molecular weight is 376 g/mol. The highest BCUT2D eigenvalue weighted by Gasteiger charge is 2.14. The van der Waals surface area contributed by atoms with Crippen LogP contribution in [0.25, 0.3) is 11.1 Å². The highest BCUT2D eigenvalue weighted by molar-refractivity contribution is 6.33. The minimum atomic E-state index is 0.642. The molecular weight excluding hydrogens is 350 g/mol. The van der Waals surface area contributed by atoms with Crippen LogP contribution in [0, 0.1) is 5.92 Å². The van der Waals surface area contributed by atoms with Crippen molar-refractivity contribution < 1.29 is 9.47 Å². The molecule has 2 aromatic rings. The van der Waals surface area contributed by atoms with Gasteiger partial charge in [-0.05, 0) is 43.7 Å². The maximum atomic E-state index is 6.39. The molecule has 0 radical (unpaired) electrons. The third kappa shape index (κ3) is 5.40. The van der Waals surface area contributed by atoms with Gasteiger partial charge in [0.1, 0.15) is 0 Å². The molecule has 0 unspecified atom stereocenters. The summed E-state index contributed by atoms with van der Waals surface area (Å²) >= 11 is 6.39. The first-order valence-electron chi connectivity index (χ1n) is 9.16. The minimum Gasteiger partial charge on any atom is -0.385 e. The Bertz CT molecular complexity index is 705. The molecule has 1 aliphatic heterocycles. The number of rotatable bonds is 8. The molecule has 0 aliphatic carbocycles. The zero-order chi connectivity index (χ0) is 18.2. The molecule has 2 aromatic heterocycles. The van der Waals surface area contributed by atoms with E-state index in [1.54, 1.807) is 13.3 Å². The molecule has 140 valence electrons. The summed E-state index contributed by atoms with van der Waals surface area (Å²) in [4.78, 5) is 8.81. The number of ether oxygens (including phenoxy) is 2. The van der Waals surface area contributed by atoms with Crippen LogP contribution < -0.4 is 5.32 Å². The van der Waals surface area contributed by atoms with Crippen molar-refractivity contribution >= 4 is 17.3 Å². The van der Waals surface area contributed by atoms with E-state index < -0.39 is 0 Å². The van der Waals surface area contributed by atoms with Gasteiger partial charge in [-0.25, -0.2) is 0 Å². The lowest BCUT2D eigenvalue weighted by Gasteiger charge is -2.22. The molecule has 0 bridgehead atoms. The van der Waals surface area contributed by atoms with Crippen LogP contribution in [0.4, 0.5) is 5.69 Å².